The highest BCUT2D eigenvalue weighted by atomic mass is 32.2. The number of anilines is 3. The van der Waals surface area contributed by atoms with E-state index < -0.39 is 12.3 Å². The van der Waals surface area contributed by atoms with Gasteiger partial charge in [0, 0.05) is 43.1 Å². The van der Waals surface area contributed by atoms with Crippen molar-refractivity contribution < 1.29 is 27.5 Å². The number of methoxy groups -OCH3 is 3. The van der Waals surface area contributed by atoms with Crippen molar-refractivity contribution in [1.82, 2.24) is 20.3 Å². The number of fused-ring (bicyclic) bond motifs is 1. The second-order valence-electron chi connectivity index (χ2n) is 10.3. The summed E-state index contributed by atoms with van der Waals surface area (Å²) >= 11 is 1.18. The maximum Gasteiger partial charge on any atom is 0.253 e. The van der Waals surface area contributed by atoms with Crippen LogP contribution in [-0.2, 0) is 6.42 Å². The number of alkyl halides is 2. The predicted octanol–water partition coefficient (Wildman–Crippen LogP) is 6.45. The Morgan fingerprint density at radius 1 is 1.05 bits per heavy atom. The number of ether oxygens (including phenoxy) is 3. The second-order valence-corrected chi connectivity index (χ2v) is 11.1. The summed E-state index contributed by atoms with van der Waals surface area (Å²) in [5, 5.41) is 15.6. The van der Waals surface area contributed by atoms with E-state index in [1.54, 1.807) is 44.3 Å². The number of nitrogens with zero attached hydrogens (tertiary/aromatic N) is 3. The molecular formula is C28H34F2N6O4S. The first kappa shape index (κ1) is 28.8. The van der Waals surface area contributed by atoms with Gasteiger partial charge in [0.15, 0.2) is 17.2 Å². The van der Waals surface area contributed by atoms with Crippen molar-refractivity contribution in [2.75, 3.05) is 52.0 Å². The van der Waals surface area contributed by atoms with Crippen LogP contribution in [0.15, 0.2) is 39.8 Å². The zero-order valence-electron chi connectivity index (χ0n) is 23.6. The highest BCUT2D eigenvalue weighted by Gasteiger charge is 2.30. The molecule has 220 valence electrons. The monoisotopic (exact) mass is 588 g/mol. The highest BCUT2D eigenvalue weighted by molar-refractivity contribution is 8.00. The minimum Gasteiger partial charge on any atom is -0.495 e. The summed E-state index contributed by atoms with van der Waals surface area (Å²) in [6.07, 6.45) is 1.69. The number of halogens is 2. The van der Waals surface area contributed by atoms with E-state index in [1.165, 1.54) is 39.0 Å². The van der Waals surface area contributed by atoms with E-state index in [0.717, 1.165) is 5.69 Å². The van der Waals surface area contributed by atoms with Crippen LogP contribution >= 0.6 is 11.9 Å². The predicted molar refractivity (Wildman–Crippen MR) is 155 cm³/mol. The molecule has 0 spiro atoms. The Kier molecular flexibility index (Phi) is 8.45. The Morgan fingerprint density at radius 2 is 1.76 bits per heavy atom. The van der Waals surface area contributed by atoms with Crippen LogP contribution in [-0.4, -0.2) is 68.1 Å². The number of aromatic nitrogens is 3. The SMILES string of the molecule is COc1cc2c(NSc3c(OC)cc(CC(F)(F)CCN(C)C)cc3OC)noc2cc1Nc1cc(C2CC2)[nH]n1. The van der Waals surface area contributed by atoms with E-state index in [-0.39, 0.29) is 13.0 Å². The highest BCUT2D eigenvalue weighted by Crippen LogP contribution is 2.43. The van der Waals surface area contributed by atoms with Crippen LogP contribution in [0.1, 0.15) is 36.4 Å². The van der Waals surface area contributed by atoms with Gasteiger partial charge in [-0.25, -0.2) is 8.78 Å². The fraction of sp³-hybridized carbons (Fsp3) is 0.429. The third kappa shape index (κ3) is 6.79. The first-order chi connectivity index (χ1) is 19.7. The van der Waals surface area contributed by atoms with E-state index >= 15 is 0 Å². The molecule has 3 N–H and O–H groups in total. The molecule has 0 amide bonds. The Bertz CT molecular complexity index is 1480. The van der Waals surface area contributed by atoms with Crippen LogP contribution in [0.2, 0.25) is 0 Å². The van der Waals surface area contributed by atoms with Crippen molar-refractivity contribution in [3.63, 3.8) is 0 Å². The van der Waals surface area contributed by atoms with Gasteiger partial charge in [0.2, 0.25) is 0 Å². The molecule has 13 heteroatoms. The van der Waals surface area contributed by atoms with E-state index in [4.69, 9.17) is 18.7 Å². The van der Waals surface area contributed by atoms with Crippen molar-refractivity contribution in [2.45, 2.75) is 42.4 Å². The number of aromatic amines is 1. The van der Waals surface area contributed by atoms with Crippen molar-refractivity contribution in [1.29, 1.82) is 0 Å². The molecule has 5 rings (SSSR count). The number of rotatable bonds is 14. The summed E-state index contributed by atoms with van der Waals surface area (Å²) in [5.41, 5.74) is 2.76. The summed E-state index contributed by atoms with van der Waals surface area (Å²) in [4.78, 5) is 2.33. The maximum absolute atomic E-state index is 14.6. The third-order valence-corrected chi connectivity index (χ3v) is 7.73. The van der Waals surface area contributed by atoms with Crippen molar-refractivity contribution in [2.24, 2.45) is 0 Å². The lowest BCUT2D eigenvalue weighted by molar-refractivity contribution is -0.0125. The van der Waals surface area contributed by atoms with Crippen LogP contribution in [0.25, 0.3) is 11.0 Å². The number of H-pyrrole nitrogens is 1. The zero-order valence-corrected chi connectivity index (χ0v) is 24.5. The molecule has 0 aliphatic heterocycles. The Balaban J connectivity index is 1.34. The largest absolute Gasteiger partial charge is 0.495 e. The summed E-state index contributed by atoms with van der Waals surface area (Å²) < 4.78 is 54.7. The minimum atomic E-state index is -2.86. The average molecular weight is 589 g/mol. The lowest BCUT2D eigenvalue weighted by atomic mass is 10.0. The molecule has 0 saturated heterocycles. The summed E-state index contributed by atoms with van der Waals surface area (Å²) in [5.74, 6) is 0.231. The number of nitrogens with one attached hydrogen (secondary N) is 3. The molecule has 2 heterocycles. The molecule has 0 atom stereocenters. The Morgan fingerprint density at radius 3 is 2.39 bits per heavy atom. The molecule has 1 aliphatic rings. The van der Waals surface area contributed by atoms with E-state index in [0.29, 0.717) is 61.9 Å². The van der Waals surface area contributed by atoms with Crippen LogP contribution < -0.4 is 24.2 Å². The standard InChI is InChI=1S/C28H34F2N6O4S/c1-36(2)9-8-28(29,30)15-16-10-23(38-4)26(24(11-16)39-5)41-35-27-18-12-22(37-3)20(13-21(18)40-34-27)31-25-14-19(32-33-25)17-6-7-17/h10-14,17H,6-9,15H2,1-5H3,(H,34,35)(H2,31,32,33). The summed E-state index contributed by atoms with van der Waals surface area (Å²) in [6.45, 7) is 0.289. The molecule has 10 nitrogen and oxygen atoms in total. The van der Waals surface area contributed by atoms with E-state index in [1.807, 2.05) is 12.1 Å². The molecule has 2 aromatic heterocycles. The topological polar surface area (TPSA) is 110 Å². The van der Waals surface area contributed by atoms with Gasteiger partial charge in [0.25, 0.3) is 5.92 Å². The average Bonchev–Trinajstić information content (AvgIpc) is 3.57. The van der Waals surface area contributed by atoms with Gasteiger partial charge in [0.1, 0.15) is 22.1 Å². The lowest BCUT2D eigenvalue weighted by Gasteiger charge is -2.20. The van der Waals surface area contributed by atoms with Gasteiger partial charge in [0.05, 0.1) is 32.4 Å². The number of benzene rings is 2. The Labute approximate surface area is 241 Å². The molecule has 4 aromatic rings. The van der Waals surface area contributed by atoms with Crippen molar-refractivity contribution in [3.05, 3.63) is 41.6 Å². The van der Waals surface area contributed by atoms with Gasteiger partial charge in [-0.15, -0.1) is 0 Å². The second kappa shape index (κ2) is 12.0. The number of hydrogen-bond donors (Lipinski definition) is 3. The normalized spacial score (nSPS) is 13.6. The fourth-order valence-corrected chi connectivity index (χ4v) is 5.29. The van der Waals surface area contributed by atoms with Gasteiger partial charge >= 0.3 is 0 Å². The summed E-state index contributed by atoms with van der Waals surface area (Å²) in [7, 11) is 8.12. The van der Waals surface area contributed by atoms with Crippen LogP contribution in [0.4, 0.5) is 26.1 Å². The Hall–Kier alpha value is -3.71. The molecule has 1 aliphatic carbocycles. The van der Waals surface area contributed by atoms with Crippen LogP contribution in [0.5, 0.6) is 17.2 Å². The van der Waals surface area contributed by atoms with E-state index in [9.17, 15) is 8.78 Å². The van der Waals surface area contributed by atoms with Gasteiger partial charge < -0.3 is 33.7 Å². The van der Waals surface area contributed by atoms with Crippen LogP contribution in [0, 0.1) is 0 Å². The molecule has 41 heavy (non-hydrogen) atoms. The van der Waals surface area contributed by atoms with E-state index in [2.05, 4.69) is 25.4 Å². The zero-order chi connectivity index (χ0) is 29.1. The first-order valence-corrected chi connectivity index (χ1v) is 14.0. The molecule has 2 aromatic carbocycles. The van der Waals surface area contributed by atoms with Gasteiger partial charge in [-0.05, 0) is 62.6 Å². The fourth-order valence-electron chi connectivity index (χ4n) is 4.46. The van der Waals surface area contributed by atoms with Gasteiger partial charge in [-0.1, -0.05) is 5.16 Å². The summed E-state index contributed by atoms with van der Waals surface area (Å²) in [6, 6.07) is 8.85. The lowest BCUT2D eigenvalue weighted by Crippen LogP contribution is -2.26. The molecule has 1 saturated carbocycles. The molecule has 1 fully saturated rings. The molecule has 0 unspecified atom stereocenters. The van der Waals surface area contributed by atoms with Gasteiger partial charge in [-0.2, -0.15) is 5.10 Å². The van der Waals surface area contributed by atoms with Crippen molar-refractivity contribution in [3.8, 4) is 17.2 Å². The van der Waals surface area contributed by atoms with Gasteiger partial charge in [-0.3, -0.25) is 5.10 Å². The maximum atomic E-state index is 14.6. The van der Waals surface area contributed by atoms with Crippen molar-refractivity contribution >= 4 is 40.2 Å². The first-order valence-electron chi connectivity index (χ1n) is 13.2. The molecule has 0 bridgehead atoms. The third-order valence-electron chi connectivity index (χ3n) is 6.83. The smallest absolute Gasteiger partial charge is 0.253 e. The molecular weight excluding hydrogens is 554 g/mol. The van der Waals surface area contributed by atoms with Crippen LogP contribution in [0.3, 0.4) is 0 Å². The molecule has 0 radical (unpaired) electrons. The minimum absolute atomic E-state index is 0.244. The number of hydrogen-bond acceptors (Lipinski definition) is 10. The quantitative estimate of drug-likeness (QED) is 0.142.